The number of halogens is 2. The molecule has 0 saturated carbocycles. The van der Waals surface area contributed by atoms with Crippen LogP contribution in [0.4, 0.5) is 4.39 Å². The molecule has 0 unspecified atom stereocenters. The third kappa shape index (κ3) is 1.40. The van der Waals surface area contributed by atoms with Crippen LogP contribution in [0.25, 0.3) is 10.1 Å². The number of aryl methyl sites for hydroxylation is 1. The molecule has 1 aromatic carbocycles. The molecule has 0 N–H and O–H groups in total. The Morgan fingerprint density at radius 2 is 2.23 bits per heavy atom. The van der Waals surface area contributed by atoms with Crippen LogP contribution < -0.4 is 0 Å². The van der Waals surface area contributed by atoms with Gasteiger partial charge in [0, 0.05) is 10.1 Å². The van der Waals surface area contributed by atoms with Gasteiger partial charge in [-0.15, -0.1) is 11.3 Å². The van der Waals surface area contributed by atoms with Crippen LogP contribution in [0.5, 0.6) is 0 Å². The van der Waals surface area contributed by atoms with Crippen LogP contribution in [0.1, 0.15) is 12.5 Å². The molecule has 0 aliphatic rings. The minimum atomic E-state index is -0.113. The minimum Gasteiger partial charge on any atom is -0.204 e. The van der Waals surface area contributed by atoms with Crippen LogP contribution in [-0.4, -0.2) is 0 Å². The molecule has 68 valence electrons. The normalized spacial score (nSPS) is 11.0. The van der Waals surface area contributed by atoms with Crippen molar-refractivity contribution < 1.29 is 4.39 Å². The van der Waals surface area contributed by atoms with Gasteiger partial charge in [0.05, 0.1) is 0 Å². The largest absolute Gasteiger partial charge is 0.204 e. The summed E-state index contributed by atoms with van der Waals surface area (Å²) in [6.07, 6.45) is 0.872. The number of thiophene rings is 1. The molecular formula is C10H8BrFS. The Hall–Kier alpha value is -0.410. The number of rotatable bonds is 1. The predicted molar refractivity (Wildman–Crippen MR) is 58.9 cm³/mol. The van der Waals surface area contributed by atoms with E-state index in [1.807, 2.05) is 25.1 Å². The number of benzene rings is 1. The maximum absolute atomic E-state index is 13.6. The van der Waals surface area contributed by atoms with Crippen molar-refractivity contribution >= 4 is 37.4 Å². The van der Waals surface area contributed by atoms with E-state index in [0.717, 1.165) is 22.1 Å². The lowest BCUT2D eigenvalue weighted by Crippen LogP contribution is -1.82. The van der Waals surface area contributed by atoms with E-state index in [0.29, 0.717) is 3.79 Å². The molecule has 13 heavy (non-hydrogen) atoms. The fourth-order valence-corrected chi connectivity index (χ4v) is 3.02. The zero-order chi connectivity index (χ0) is 9.42. The molecule has 1 aromatic heterocycles. The van der Waals surface area contributed by atoms with Crippen LogP contribution in [0, 0.1) is 5.82 Å². The van der Waals surface area contributed by atoms with Crippen molar-refractivity contribution in [2.45, 2.75) is 13.3 Å². The van der Waals surface area contributed by atoms with Crippen molar-refractivity contribution in [3.63, 3.8) is 0 Å². The summed E-state index contributed by atoms with van der Waals surface area (Å²) in [4.78, 5) is 0. The number of hydrogen-bond acceptors (Lipinski definition) is 1. The Morgan fingerprint density at radius 1 is 1.46 bits per heavy atom. The van der Waals surface area contributed by atoms with Gasteiger partial charge in [0.2, 0.25) is 0 Å². The van der Waals surface area contributed by atoms with Crippen LogP contribution in [-0.2, 0) is 6.42 Å². The summed E-state index contributed by atoms with van der Waals surface area (Å²) >= 11 is 4.67. The molecule has 0 aliphatic carbocycles. The van der Waals surface area contributed by atoms with E-state index in [4.69, 9.17) is 0 Å². The topological polar surface area (TPSA) is 0 Å². The molecule has 1 heterocycles. The molecule has 2 rings (SSSR count). The Labute approximate surface area is 88.5 Å². The molecule has 0 nitrogen and oxygen atoms in total. The van der Waals surface area contributed by atoms with Gasteiger partial charge in [-0.3, -0.25) is 0 Å². The van der Waals surface area contributed by atoms with Gasteiger partial charge in [-0.2, -0.15) is 0 Å². The lowest BCUT2D eigenvalue weighted by atomic mass is 10.1. The highest BCUT2D eigenvalue weighted by molar-refractivity contribution is 9.11. The van der Waals surface area contributed by atoms with Crippen LogP contribution in [0.15, 0.2) is 22.0 Å². The summed E-state index contributed by atoms with van der Waals surface area (Å²) in [5.74, 6) is -0.113. The van der Waals surface area contributed by atoms with E-state index in [2.05, 4.69) is 15.9 Å². The molecule has 3 heteroatoms. The second kappa shape index (κ2) is 3.39. The van der Waals surface area contributed by atoms with Gasteiger partial charge >= 0.3 is 0 Å². The van der Waals surface area contributed by atoms with Crippen molar-refractivity contribution in [2.75, 3.05) is 0 Å². The monoisotopic (exact) mass is 258 g/mol. The van der Waals surface area contributed by atoms with Gasteiger partial charge in [-0.1, -0.05) is 19.1 Å². The van der Waals surface area contributed by atoms with E-state index in [1.165, 1.54) is 11.3 Å². The fraction of sp³-hybridized carbons (Fsp3) is 0.200. The van der Waals surface area contributed by atoms with Gasteiger partial charge in [-0.25, -0.2) is 4.39 Å². The molecule has 0 bridgehead atoms. The first-order valence-electron chi connectivity index (χ1n) is 4.09. The van der Waals surface area contributed by atoms with E-state index in [-0.39, 0.29) is 5.82 Å². The van der Waals surface area contributed by atoms with Crippen molar-refractivity contribution in [1.29, 1.82) is 0 Å². The average molecular weight is 259 g/mol. The SMILES string of the molecule is CCc1cccc2sc(Br)c(F)c12. The average Bonchev–Trinajstić information content (AvgIpc) is 2.43. The maximum atomic E-state index is 13.6. The first-order chi connectivity index (χ1) is 6.24. The molecule has 0 aliphatic heterocycles. The summed E-state index contributed by atoms with van der Waals surface area (Å²) < 4.78 is 15.2. The second-order valence-electron chi connectivity index (χ2n) is 2.83. The lowest BCUT2D eigenvalue weighted by Gasteiger charge is -1.97. The van der Waals surface area contributed by atoms with Crippen LogP contribution in [0.3, 0.4) is 0 Å². The second-order valence-corrected chi connectivity index (χ2v) is 5.20. The molecule has 0 radical (unpaired) electrons. The smallest absolute Gasteiger partial charge is 0.156 e. The predicted octanol–water partition coefficient (Wildman–Crippen LogP) is 4.37. The molecule has 0 fully saturated rings. The highest BCUT2D eigenvalue weighted by Gasteiger charge is 2.11. The van der Waals surface area contributed by atoms with Gasteiger partial charge in [-0.05, 0) is 34.0 Å². The Morgan fingerprint density at radius 3 is 2.92 bits per heavy atom. The summed E-state index contributed by atoms with van der Waals surface area (Å²) in [6, 6.07) is 5.90. The summed E-state index contributed by atoms with van der Waals surface area (Å²) in [7, 11) is 0. The van der Waals surface area contributed by atoms with Crippen LogP contribution >= 0.6 is 27.3 Å². The van der Waals surface area contributed by atoms with Gasteiger partial charge in [0.1, 0.15) is 3.79 Å². The van der Waals surface area contributed by atoms with E-state index >= 15 is 0 Å². The first-order valence-corrected chi connectivity index (χ1v) is 5.70. The zero-order valence-electron chi connectivity index (χ0n) is 7.10. The van der Waals surface area contributed by atoms with Crippen LogP contribution in [0.2, 0.25) is 0 Å². The quantitative estimate of drug-likeness (QED) is 0.713. The summed E-state index contributed by atoms with van der Waals surface area (Å²) in [5, 5.41) is 0.780. The first kappa shape index (κ1) is 9.16. The van der Waals surface area contributed by atoms with Crippen molar-refractivity contribution in [1.82, 2.24) is 0 Å². The van der Waals surface area contributed by atoms with Gasteiger partial charge in [0.25, 0.3) is 0 Å². The molecule has 0 amide bonds. The highest BCUT2D eigenvalue weighted by atomic mass is 79.9. The Bertz CT molecular complexity index is 447. The third-order valence-corrected chi connectivity index (χ3v) is 3.84. The van der Waals surface area contributed by atoms with E-state index < -0.39 is 0 Å². The van der Waals surface area contributed by atoms with Gasteiger partial charge < -0.3 is 0 Å². The van der Waals surface area contributed by atoms with Gasteiger partial charge in [0.15, 0.2) is 5.82 Å². The van der Waals surface area contributed by atoms with E-state index in [1.54, 1.807) is 0 Å². The standard InChI is InChI=1S/C10H8BrFS/c1-2-6-4-3-5-7-8(6)9(12)10(11)13-7/h3-5H,2H2,1H3. The van der Waals surface area contributed by atoms with Crippen molar-refractivity contribution in [3.05, 3.63) is 33.4 Å². The highest BCUT2D eigenvalue weighted by Crippen LogP contribution is 2.35. The Balaban J connectivity index is 2.87. The maximum Gasteiger partial charge on any atom is 0.156 e. The number of fused-ring (bicyclic) bond motifs is 1. The summed E-state index contributed by atoms with van der Waals surface area (Å²) in [5.41, 5.74) is 1.08. The Kier molecular flexibility index (Phi) is 2.39. The fourth-order valence-electron chi connectivity index (χ4n) is 1.45. The molecule has 0 saturated heterocycles. The molecule has 0 atom stereocenters. The molecule has 0 spiro atoms. The third-order valence-electron chi connectivity index (χ3n) is 2.09. The molecular weight excluding hydrogens is 251 g/mol. The lowest BCUT2D eigenvalue weighted by molar-refractivity contribution is 0.638. The van der Waals surface area contributed by atoms with Crippen molar-refractivity contribution in [2.24, 2.45) is 0 Å². The molecule has 2 aromatic rings. The van der Waals surface area contributed by atoms with E-state index in [9.17, 15) is 4.39 Å². The van der Waals surface area contributed by atoms with Crippen molar-refractivity contribution in [3.8, 4) is 0 Å². The zero-order valence-corrected chi connectivity index (χ0v) is 9.51. The minimum absolute atomic E-state index is 0.113. The summed E-state index contributed by atoms with van der Waals surface area (Å²) in [6.45, 7) is 2.04. The number of hydrogen-bond donors (Lipinski definition) is 0.